The van der Waals surface area contributed by atoms with Gasteiger partial charge in [-0.05, 0) is 52.4 Å². The maximum absolute atomic E-state index is 12.0. The van der Waals surface area contributed by atoms with Crippen LogP contribution in [-0.4, -0.2) is 8.42 Å². The highest BCUT2D eigenvalue weighted by molar-refractivity contribution is 14.1. The second kappa shape index (κ2) is 5.81. The minimum absolute atomic E-state index is 0.288. The fourth-order valence-corrected chi connectivity index (χ4v) is 3.15. The molecule has 0 amide bonds. The number of nitrogens with one attached hydrogen (secondary N) is 1. The van der Waals surface area contributed by atoms with E-state index in [9.17, 15) is 8.42 Å². The molecule has 2 aromatic rings. The second-order valence-electron chi connectivity index (χ2n) is 3.77. The van der Waals surface area contributed by atoms with Crippen LogP contribution in [0, 0.1) is 3.57 Å². The molecule has 0 atom stereocenters. The number of sulfonamides is 1. The lowest BCUT2D eigenvalue weighted by Crippen LogP contribution is -2.23. The Labute approximate surface area is 120 Å². The van der Waals surface area contributed by atoms with Crippen LogP contribution in [0.3, 0.4) is 0 Å². The molecule has 94 valence electrons. The zero-order chi connectivity index (χ0) is 13.0. The summed E-state index contributed by atoms with van der Waals surface area (Å²) in [4.78, 5) is 0.288. The standard InChI is InChI=1S/C13H12INO2S/c14-12-6-4-5-11(9-12)10-15-18(16,17)13-7-2-1-3-8-13/h1-9,15H,10H2. The summed E-state index contributed by atoms with van der Waals surface area (Å²) in [7, 11) is -3.42. The van der Waals surface area contributed by atoms with Crippen molar-refractivity contribution in [3.63, 3.8) is 0 Å². The Hall–Kier alpha value is -0.920. The molecule has 18 heavy (non-hydrogen) atoms. The highest BCUT2D eigenvalue weighted by Crippen LogP contribution is 2.10. The van der Waals surface area contributed by atoms with Crippen LogP contribution in [0.25, 0.3) is 0 Å². The highest BCUT2D eigenvalue weighted by atomic mass is 127. The Balaban J connectivity index is 2.11. The van der Waals surface area contributed by atoms with Gasteiger partial charge in [0, 0.05) is 10.1 Å². The van der Waals surface area contributed by atoms with Gasteiger partial charge in [-0.3, -0.25) is 0 Å². The fourth-order valence-electron chi connectivity index (χ4n) is 1.51. The molecule has 5 heteroatoms. The molecule has 0 spiro atoms. The van der Waals surface area contributed by atoms with Gasteiger partial charge in [0.1, 0.15) is 0 Å². The first-order valence-electron chi connectivity index (χ1n) is 5.37. The Bertz CT molecular complexity index is 626. The Kier molecular flexibility index (Phi) is 4.36. The average Bonchev–Trinajstić information content (AvgIpc) is 2.38. The fraction of sp³-hybridized carbons (Fsp3) is 0.0769. The lowest BCUT2D eigenvalue weighted by atomic mass is 10.2. The van der Waals surface area contributed by atoms with Crippen LogP contribution in [0.2, 0.25) is 0 Å². The lowest BCUT2D eigenvalue weighted by molar-refractivity contribution is 0.581. The lowest BCUT2D eigenvalue weighted by Gasteiger charge is -2.07. The van der Waals surface area contributed by atoms with Crippen molar-refractivity contribution >= 4 is 32.6 Å². The van der Waals surface area contributed by atoms with Crippen LogP contribution in [-0.2, 0) is 16.6 Å². The van der Waals surface area contributed by atoms with E-state index in [1.165, 1.54) is 0 Å². The molecule has 0 aliphatic rings. The molecule has 0 radical (unpaired) electrons. The third-order valence-corrected chi connectivity index (χ3v) is 4.50. The van der Waals surface area contributed by atoms with Crippen molar-refractivity contribution in [2.24, 2.45) is 0 Å². The number of halogens is 1. The number of rotatable bonds is 4. The summed E-state index contributed by atoms with van der Waals surface area (Å²) < 4.78 is 27.6. The van der Waals surface area contributed by atoms with Crippen molar-refractivity contribution in [3.05, 3.63) is 63.7 Å². The van der Waals surface area contributed by atoms with Gasteiger partial charge in [-0.1, -0.05) is 30.3 Å². The largest absolute Gasteiger partial charge is 0.240 e. The molecule has 0 aliphatic carbocycles. The van der Waals surface area contributed by atoms with E-state index in [0.717, 1.165) is 9.13 Å². The molecule has 0 aliphatic heterocycles. The molecule has 2 aromatic carbocycles. The van der Waals surface area contributed by atoms with Gasteiger partial charge < -0.3 is 0 Å². The zero-order valence-corrected chi connectivity index (χ0v) is 12.5. The quantitative estimate of drug-likeness (QED) is 0.838. The molecule has 1 N–H and O–H groups in total. The van der Waals surface area contributed by atoms with Crippen molar-refractivity contribution in [1.29, 1.82) is 0 Å². The van der Waals surface area contributed by atoms with Crippen molar-refractivity contribution in [2.45, 2.75) is 11.4 Å². The maximum Gasteiger partial charge on any atom is 0.240 e. The van der Waals surface area contributed by atoms with E-state index in [2.05, 4.69) is 27.3 Å². The summed E-state index contributed by atoms with van der Waals surface area (Å²) in [6.45, 7) is 0.300. The number of hydrogen-bond acceptors (Lipinski definition) is 2. The van der Waals surface area contributed by atoms with Crippen LogP contribution in [0.1, 0.15) is 5.56 Å². The predicted molar refractivity (Wildman–Crippen MR) is 79.6 cm³/mol. The molecule has 0 unspecified atom stereocenters. The van der Waals surface area contributed by atoms with E-state index < -0.39 is 10.0 Å². The molecule has 3 nitrogen and oxygen atoms in total. The molecule has 0 fully saturated rings. The molecule has 0 heterocycles. The first-order valence-corrected chi connectivity index (χ1v) is 7.93. The minimum atomic E-state index is -3.42. The van der Waals surface area contributed by atoms with E-state index >= 15 is 0 Å². The number of benzene rings is 2. The Morgan fingerprint density at radius 2 is 1.72 bits per heavy atom. The third kappa shape index (κ3) is 3.54. The van der Waals surface area contributed by atoms with Gasteiger partial charge in [0.2, 0.25) is 10.0 Å². The summed E-state index contributed by atoms with van der Waals surface area (Å²) in [6, 6.07) is 16.1. The van der Waals surface area contributed by atoms with E-state index in [1.807, 2.05) is 24.3 Å². The van der Waals surface area contributed by atoms with Gasteiger partial charge in [-0.15, -0.1) is 0 Å². The SMILES string of the molecule is O=S(=O)(NCc1cccc(I)c1)c1ccccc1. The molecular weight excluding hydrogens is 361 g/mol. The molecular formula is C13H12INO2S. The van der Waals surface area contributed by atoms with Crippen molar-refractivity contribution in [2.75, 3.05) is 0 Å². The van der Waals surface area contributed by atoms with Crippen LogP contribution in [0.5, 0.6) is 0 Å². The zero-order valence-electron chi connectivity index (χ0n) is 9.51. The van der Waals surface area contributed by atoms with Crippen molar-refractivity contribution < 1.29 is 8.42 Å². The summed E-state index contributed by atoms with van der Waals surface area (Å²) in [6.07, 6.45) is 0. The molecule has 0 saturated heterocycles. The second-order valence-corrected chi connectivity index (χ2v) is 6.78. The predicted octanol–water partition coefficient (Wildman–Crippen LogP) is 2.77. The third-order valence-electron chi connectivity index (χ3n) is 2.41. The Morgan fingerprint density at radius 1 is 1.00 bits per heavy atom. The van der Waals surface area contributed by atoms with Gasteiger partial charge in [-0.2, -0.15) is 0 Å². The molecule has 0 saturated carbocycles. The molecule has 0 aromatic heterocycles. The first kappa shape index (κ1) is 13.5. The normalized spacial score (nSPS) is 11.4. The van der Waals surface area contributed by atoms with Gasteiger partial charge in [-0.25, -0.2) is 13.1 Å². The molecule has 0 bridgehead atoms. The van der Waals surface area contributed by atoms with E-state index in [-0.39, 0.29) is 4.90 Å². The molecule has 2 rings (SSSR count). The Morgan fingerprint density at radius 3 is 2.39 bits per heavy atom. The van der Waals surface area contributed by atoms with Gasteiger partial charge in [0.15, 0.2) is 0 Å². The summed E-state index contributed by atoms with van der Waals surface area (Å²) in [5, 5.41) is 0. The van der Waals surface area contributed by atoms with Crippen molar-refractivity contribution in [3.8, 4) is 0 Å². The topological polar surface area (TPSA) is 46.2 Å². The van der Waals surface area contributed by atoms with Gasteiger partial charge in [0.25, 0.3) is 0 Å². The average molecular weight is 373 g/mol. The van der Waals surface area contributed by atoms with Crippen LogP contribution >= 0.6 is 22.6 Å². The minimum Gasteiger partial charge on any atom is -0.207 e. The number of hydrogen-bond donors (Lipinski definition) is 1. The summed E-state index contributed by atoms with van der Waals surface area (Å²) in [5.41, 5.74) is 0.946. The van der Waals surface area contributed by atoms with Crippen LogP contribution in [0.4, 0.5) is 0 Å². The summed E-state index contributed by atoms with van der Waals surface area (Å²) in [5.74, 6) is 0. The van der Waals surface area contributed by atoms with Gasteiger partial charge >= 0.3 is 0 Å². The smallest absolute Gasteiger partial charge is 0.207 e. The van der Waals surface area contributed by atoms with E-state index in [4.69, 9.17) is 0 Å². The maximum atomic E-state index is 12.0. The van der Waals surface area contributed by atoms with Crippen LogP contribution in [0.15, 0.2) is 59.5 Å². The summed E-state index contributed by atoms with van der Waals surface area (Å²) >= 11 is 2.20. The first-order chi connectivity index (χ1) is 8.58. The monoisotopic (exact) mass is 373 g/mol. The van der Waals surface area contributed by atoms with E-state index in [1.54, 1.807) is 30.3 Å². The van der Waals surface area contributed by atoms with Gasteiger partial charge in [0.05, 0.1) is 4.90 Å². The van der Waals surface area contributed by atoms with E-state index in [0.29, 0.717) is 6.54 Å². The van der Waals surface area contributed by atoms with Crippen molar-refractivity contribution in [1.82, 2.24) is 4.72 Å². The van der Waals surface area contributed by atoms with Crippen LogP contribution < -0.4 is 4.72 Å². The highest BCUT2D eigenvalue weighted by Gasteiger charge is 2.12.